The van der Waals surface area contributed by atoms with E-state index in [1.807, 2.05) is 4.81 Å². The summed E-state index contributed by atoms with van der Waals surface area (Å²) in [5.74, 6) is 0.205. The van der Waals surface area contributed by atoms with Crippen molar-refractivity contribution in [2.75, 3.05) is 0 Å². The Labute approximate surface area is 85.2 Å². The highest BCUT2D eigenvalue weighted by Gasteiger charge is 2.35. The molecule has 0 saturated carbocycles. The van der Waals surface area contributed by atoms with E-state index in [4.69, 9.17) is 0 Å². The first-order chi connectivity index (χ1) is 6.60. The summed E-state index contributed by atoms with van der Waals surface area (Å²) in [5, 5.41) is 9.59. The van der Waals surface area contributed by atoms with Gasteiger partial charge in [-0.15, -0.1) is 13.2 Å². The number of piperidine rings is 1. The molecule has 76 valence electrons. The van der Waals surface area contributed by atoms with Crippen LogP contribution in [-0.4, -0.2) is 34.8 Å². The Hall–Kier alpha value is -0.865. The second-order valence-electron chi connectivity index (χ2n) is 3.63. The molecule has 3 nitrogen and oxygen atoms in total. The molecule has 0 aromatic heterocycles. The van der Waals surface area contributed by atoms with Crippen LogP contribution < -0.4 is 0 Å². The van der Waals surface area contributed by atoms with E-state index in [-0.39, 0.29) is 17.9 Å². The first-order valence-corrected chi connectivity index (χ1v) is 4.82. The monoisotopic (exact) mass is 193 g/mol. The summed E-state index contributed by atoms with van der Waals surface area (Å²) in [7, 11) is -0.575. The summed E-state index contributed by atoms with van der Waals surface area (Å²) in [6.07, 6.45) is 4.30. The van der Waals surface area contributed by atoms with Gasteiger partial charge >= 0.3 is 7.05 Å². The average molecular weight is 193 g/mol. The maximum absolute atomic E-state index is 11.4. The number of ketones is 1. The van der Waals surface area contributed by atoms with Crippen LogP contribution in [-0.2, 0) is 4.79 Å². The topological polar surface area (TPSA) is 40.5 Å². The highest BCUT2D eigenvalue weighted by atomic mass is 16.2. The van der Waals surface area contributed by atoms with E-state index in [1.165, 1.54) is 0 Å². The van der Waals surface area contributed by atoms with E-state index >= 15 is 0 Å². The van der Waals surface area contributed by atoms with Crippen LogP contribution >= 0.6 is 0 Å². The summed E-state index contributed by atoms with van der Waals surface area (Å²) in [6.45, 7) is 9.06. The normalized spacial score (nSPS) is 28.6. The van der Waals surface area contributed by atoms with Crippen molar-refractivity contribution in [3.8, 4) is 0 Å². The first-order valence-electron chi connectivity index (χ1n) is 4.82. The van der Waals surface area contributed by atoms with Crippen LogP contribution in [0, 0.1) is 0 Å². The van der Waals surface area contributed by atoms with Crippen LogP contribution in [0.1, 0.15) is 12.8 Å². The molecule has 1 N–H and O–H groups in total. The Morgan fingerprint density at radius 3 is 2.14 bits per heavy atom. The van der Waals surface area contributed by atoms with Crippen molar-refractivity contribution < 1.29 is 9.82 Å². The minimum atomic E-state index is -0.575. The third-order valence-electron chi connectivity index (χ3n) is 2.62. The lowest BCUT2D eigenvalue weighted by Gasteiger charge is -2.39. The maximum atomic E-state index is 11.4. The lowest BCUT2D eigenvalue weighted by atomic mass is 9.76. The SMILES string of the molecule is C=CC1CC(=O)CC(C=C)N1B(C)O. The molecule has 1 aliphatic heterocycles. The molecular weight excluding hydrogens is 177 g/mol. The van der Waals surface area contributed by atoms with Gasteiger partial charge < -0.3 is 9.83 Å². The molecule has 0 amide bonds. The number of carbonyl (C=O) groups is 1. The number of rotatable bonds is 3. The molecule has 0 bridgehead atoms. The van der Waals surface area contributed by atoms with Gasteiger partial charge in [-0.3, -0.25) is 4.79 Å². The number of nitrogens with zero attached hydrogens (tertiary/aromatic N) is 1. The van der Waals surface area contributed by atoms with Gasteiger partial charge in [-0.2, -0.15) is 0 Å². The van der Waals surface area contributed by atoms with E-state index in [0.29, 0.717) is 12.8 Å². The third-order valence-corrected chi connectivity index (χ3v) is 2.62. The molecule has 1 fully saturated rings. The Morgan fingerprint density at radius 1 is 1.43 bits per heavy atom. The largest absolute Gasteiger partial charge is 0.437 e. The molecule has 4 heteroatoms. The van der Waals surface area contributed by atoms with Gasteiger partial charge in [0, 0.05) is 24.9 Å². The molecule has 0 aromatic carbocycles. The van der Waals surface area contributed by atoms with Crippen molar-refractivity contribution in [1.82, 2.24) is 4.81 Å². The fourth-order valence-corrected chi connectivity index (χ4v) is 1.97. The fourth-order valence-electron chi connectivity index (χ4n) is 1.97. The molecule has 2 atom stereocenters. The van der Waals surface area contributed by atoms with Gasteiger partial charge in [0.15, 0.2) is 0 Å². The quantitative estimate of drug-likeness (QED) is 0.534. The fraction of sp³-hybridized carbons (Fsp3) is 0.500. The minimum Gasteiger partial charge on any atom is -0.437 e. The van der Waals surface area contributed by atoms with Gasteiger partial charge in [0.05, 0.1) is 0 Å². The summed E-state index contributed by atoms with van der Waals surface area (Å²) in [4.78, 5) is 13.2. The standard InChI is InChI=1S/C10H16BNO2/c1-4-8-6-10(13)7-9(5-2)12(8)11(3)14/h4-5,8-9,14H,1-2,6-7H2,3H3. The number of hydrogen-bond donors (Lipinski definition) is 1. The van der Waals surface area contributed by atoms with E-state index in [1.54, 1.807) is 19.0 Å². The summed E-state index contributed by atoms with van der Waals surface area (Å²) >= 11 is 0. The van der Waals surface area contributed by atoms with E-state index in [9.17, 15) is 9.82 Å². The van der Waals surface area contributed by atoms with Crippen LogP contribution in [0.3, 0.4) is 0 Å². The minimum absolute atomic E-state index is 0.0701. The van der Waals surface area contributed by atoms with Gasteiger partial charge in [0.2, 0.25) is 0 Å². The molecule has 0 aromatic rings. The number of Topliss-reactive ketones (excluding diaryl/α,β-unsaturated/α-hetero) is 1. The van der Waals surface area contributed by atoms with E-state index in [0.717, 1.165) is 0 Å². The molecular formula is C10H16BNO2. The van der Waals surface area contributed by atoms with Gasteiger partial charge in [-0.1, -0.05) is 12.2 Å². The van der Waals surface area contributed by atoms with E-state index in [2.05, 4.69) is 13.2 Å². The van der Waals surface area contributed by atoms with Crippen molar-refractivity contribution in [3.05, 3.63) is 25.3 Å². The zero-order chi connectivity index (χ0) is 10.7. The molecule has 2 unspecified atom stereocenters. The highest BCUT2D eigenvalue weighted by Crippen LogP contribution is 2.22. The van der Waals surface area contributed by atoms with Crippen molar-refractivity contribution in [3.63, 3.8) is 0 Å². The molecule has 1 saturated heterocycles. The summed E-state index contributed by atoms with van der Waals surface area (Å²) < 4.78 is 0. The molecule has 1 aliphatic rings. The lowest BCUT2D eigenvalue weighted by molar-refractivity contribution is -0.122. The number of carbonyl (C=O) groups excluding carboxylic acids is 1. The predicted molar refractivity (Wildman–Crippen MR) is 57.9 cm³/mol. The highest BCUT2D eigenvalue weighted by molar-refractivity contribution is 6.45. The van der Waals surface area contributed by atoms with Crippen LogP contribution in [0.15, 0.2) is 25.3 Å². The first kappa shape index (κ1) is 11.2. The van der Waals surface area contributed by atoms with Gasteiger partial charge in [-0.25, -0.2) is 0 Å². The van der Waals surface area contributed by atoms with Gasteiger partial charge in [0.25, 0.3) is 0 Å². The lowest BCUT2D eigenvalue weighted by Crippen LogP contribution is -2.54. The molecule has 14 heavy (non-hydrogen) atoms. The van der Waals surface area contributed by atoms with Crippen LogP contribution in [0.2, 0.25) is 6.82 Å². The molecule has 1 rings (SSSR count). The predicted octanol–water partition coefficient (Wildman–Crippen LogP) is 0.871. The molecule has 0 radical (unpaired) electrons. The smallest absolute Gasteiger partial charge is 0.377 e. The molecule has 0 aliphatic carbocycles. The second-order valence-corrected chi connectivity index (χ2v) is 3.63. The Kier molecular flexibility index (Phi) is 3.66. The third kappa shape index (κ3) is 2.14. The van der Waals surface area contributed by atoms with Crippen molar-refractivity contribution in [1.29, 1.82) is 0 Å². The second kappa shape index (κ2) is 4.57. The zero-order valence-electron chi connectivity index (χ0n) is 8.52. The summed E-state index contributed by atoms with van der Waals surface area (Å²) in [5.41, 5.74) is 0. The Bertz CT molecular complexity index is 233. The van der Waals surface area contributed by atoms with Crippen LogP contribution in [0.4, 0.5) is 0 Å². The number of hydrogen-bond acceptors (Lipinski definition) is 3. The van der Waals surface area contributed by atoms with E-state index < -0.39 is 7.05 Å². The van der Waals surface area contributed by atoms with Crippen molar-refractivity contribution >= 4 is 12.8 Å². The average Bonchev–Trinajstić information content (AvgIpc) is 2.15. The summed E-state index contributed by atoms with van der Waals surface area (Å²) in [6, 6.07) is -0.140. The van der Waals surface area contributed by atoms with Crippen molar-refractivity contribution in [2.45, 2.75) is 31.7 Å². The van der Waals surface area contributed by atoms with Crippen molar-refractivity contribution in [2.24, 2.45) is 0 Å². The Balaban J connectivity index is 2.87. The molecule has 0 spiro atoms. The zero-order valence-corrected chi connectivity index (χ0v) is 8.52. The molecule has 1 heterocycles. The van der Waals surface area contributed by atoms with Gasteiger partial charge in [0.1, 0.15) is 5.78 Å². The Morgan fingerprint density at radius 2 is 1.86 bits per heavy atom. The van der Waals surface area contributed by atoms with Crippen LogP contribution in [0.25, 0.3) is 0 Å². The maximum Gasteiger partial charge on any atom is 0.377 e. The van der Waals surface area contributed by atoms with Crippen LogP contribution in [0.5, 0.6) is 0 Å². The van der Waals surface area contributed by atoms with Gasteiger partial charge in [-0.05, 0) is 6.82 Å².